The second-order valence-electron chi connectivity index (χ2n) is 3.03. The molecule has 0 N–H and O–H groups in total. The summed E-state index contributed by atoms with van der Waals surface area (Å²) >= 11 is 5.49. The lowest BCUT2D eigenvalue weighted by Gasteiger charge is -2.29. The van der Waals surface area contributed by atoms with Gasteiger partial charge in [-0.15, -0.1) is 11.6 Å². The second-order valence-corrected chi connectivity index (χ2v) is 5.44. The Morgan fingerprint density at radius 3 is 2.50 bits per heavy atom. The topological polar surface area (TPSA) is 49.9 Å². The molecule has 0 amide bonds. The zero-order valence-electron chi connectivity index (χ0n) is 8.15. The zero-order valence-corrected chi connectivity index (χ0v) is 9.72. The third-order valence-corrected chi connectivity index (χ3v) is 4.25. The number of alkyl halides is 1. The highest BCUT2D eigenvalue weighted by molar-refractivity contribution is 7.86. The van der Waals surface area contributed by atoms with Gasteiger partial charge in [-0.25, -0.2) is 0 Å². The SMILES string of the molecule is CN(CCCl)S(=O)(=O)N1CCOCC1. The zero-order chi connectivity index (χ0) is 10.6. The molecule has 0 atom stereocenters. The van der Waals surface area contributed by atoms with Crippen LogP contribution >= 0.6 is 11.6 Å². The summed E-state index contributed by atoms with van der Waals surface area (Å²) in [7, 11) is -1.79. The fourth-order valence-corrected chi connectivity index (χ4v) is 2.89. The van der Waals surface area contributed by atoms with E-state index in [0.717, 1.165) is 0 Å². The summed E-state index contributed by atoms with van der Waals surface area (Å²) in [5.41, 5.74) is 0. The van der Waals surface area contributed by atoms with E-state index in [9.17, 15) is 8.42 Å². The quantitative estimate of drug-likeness (QED) is 0.638. The summed E-state index contributed by atoms with van der Waals surface area (Å²) in [4.78, 5) is 0. The van der Waals surface area contributed by atoms with Gasteiger partial charge in [-0.3, -0.25) is 0 Å². The summed E-state index contributed by atoms with van der Waals surface area (Å²) in [6.45, 7) is 2.12. The van der Waals surface area contributed by atoms with Crippen LogP contribution in [-0.4, -0.2) is 62.8 Å². The fourth-order valence-electron chi connectivity index (χ4n) is 1.21. The molecule has 84 valence electrons. The van der Waals surface area contributed by atoms with Crippen LogP contribution in [0.5, 0.6) is 0 Å². The van der Waals surface area contributed by atoms with Crippen molar-refractivity contribution in [1.29, 1.82) is 0 Å². The van der Waals surface area contributed by atoms with Gasteiger partial charge in [0.25, 0.3) is 10.2 Å². The maximum atomic E-state index is 11.8. The molecule has 1 heterocycles. The van der Waals surface area contributed by atoms with E-state index in [0.29, 0.717) is 38.7 Å². The van der Waals surface area contributed by atoms with E-state index < -0.39 is 10.2 Å². The summed E-state index contributed by atoms with van der Waals surface area (Å²) in [6, 6.07) is 0. The Bertz CT molecular complexity index is 264. The van der Waals surface area contributed by atoms with Gasteiger partial charge >= 0.3 is 0 Å². The molecule has 0 unspecified atom stereocenters. The molecule has 0 aromatic carbocycles. The highest BCUT2D eigenvalue weighted by Crippen LogP contribution is 2.08. The molecule has 14 heavy (non-hydrogen) atoms. The molecule has 1 fully saturated rings. The largest absolute Gasteiger partial charge is 0.379 e. The molecule has 1 aliphatic rings. The van der Waals surface area contributed by atoms with Gasteiger partial charge in [-0.1, -0.05) is 0 Å². The Morgan fingerprint density at radius 1 is 1.43 bits per heavy atom. The van der Waals surface area contributed by atoms with Gasteiger partial charge in [-0.2, -0.15) is 17.0 Å². The smallest absolute Gasteiger partial charge is 0.281 e. The molecular weight excluding hydrogens is 228 g/mol. The number of rotatable bonds is 4. The molecule has 0 aromatic rings. The van der Waals surface area contributed by atoms with Crippen LogP contribution < -0.4 is 0 Å². The standard InChI is InChI=1S/C7H15ClN2O3S/c1-9(3-2-8)14(11,12)10-4-6-13-7-5-10/h2-7H2,1H3. The van der Waals surface area contributed by atoms with Crippen molar-refractivity contribution in [3.8, 4) is 0 Å². The summed E-state index contributed by atoms with van der Waals surface area (Å²) < 4.78 is 31.4. The molecule has 1 aliphatic heterocycles. The first-order chi connectivity index (χ1) is 6.59. The van der Waals surface area contributed by atoms with Gasteiger partial charge in [0.2, 0.25) is 0 Å². The maximum absolute atomic E-state index is 11.8. The Labute approximate surface area is 89.8 Å². The van der Waals surface area contributed by atoms with E-state index in [4.69, 9.17) is 16.3 Å². The van der Waals surface area contributed by atoms with Gasteiger partial charge in [0.1, 0.15) is 0 Å². The van der Waals surface area contributed by atoms with Crippen LogP contribution in [0.1, 0.15) is 0 Å². The molecule has 1 saturated heterocycles. The van der Waals surface area contributed by atoms with Crippen LogP contribution in [0.3, 0.4) is 0 Å². The molecule has 7 heteroatoms. The van der Waals surface area contributed by atoms with Crippen molar-refractivity contribution < 1.29 is 13.2 Å². The van der Waals surface area contributed by atoms with Crippen molar-refractivity contribution in [1.82, 2.24) is 8.61 Å². The van der Waals surface area contributed by atoms with Crippen molar-refractivity contribution in [2.45, 2.75) is 0 Å². The number of nitrogens with zero attached hydrogens (tertiary/aromatic N) is 2. The lowest BCUT2D eigenvalue weighted by atomic mass is 10.5. The van der Waals surface area contributed by atoms with Gasteiger partial charge in [0, 0.05) is 32.6 Å². The molecule has 0 radical (unpaired) electrons. The molecular formula is C7H15ClN2O3S. The highest BCUT2D eigenvalue weighted by Gasteiger charge is 2.27. The minimum absolute atomic E-state index is 0.306. The van der Waals surface area contributed by atoms with Crippen LogP contribution in [-0.2, 0) is 14.9 Å². The number of morpholine rings is 1. The predicted octanol–water partition coefficient (Wildman–Crippen LogP) is -0.266. The number of hydrogen-bond donors (Lipinski definition) is 0. The monoisotopic (exact) mass is 242 g/mol. The van der Waals surface area contributed by atoms with E-state index in [2.05, 4.69) is 0 Å². The average Bonchev–Trinajstić information content (AvgIpc) is 2.19. The van der Waals surface area contributed by atoms with Gasteiger partial charge < -0.3 is 4.74 Å². The Hall–Kier alpha value is 0.120. The van der Waals surface area contributed by atoms with Gasteiger partial charge in [-0.05, 0) is 0 Å². The molecule has 0 aromatic heterocycles. The molecule has 0 saturated carbocycles. The first-order valence-corrected chi connectivity index (χ1v) is 6.37. The lowest BCUT2D eigenvalue weighted by molar-refractivity contribution is 0.0707. The Kier molecular flexibility index (Phi) is 4.59. The van der Waals surface area contributed by atoms with E-state index in [1.54, 1.807) is 0 Å². The second kappa shape index (κ2) is 5.27. The van der Waals surface area contributed by atoms with Crippen molar-refractivity contribution in [3.05, 3.63) is 0 Å². The third kappa shape index (κ3) is 2.80. The van der Waals surface area contributed by atoms with E-state index >= 15 is 0 Å². The molecule has 5 nitrogen and oxygen atoms in total. The number of halogens is 1. The number of hydrogen-bond acceptors (Lipinski definition) is 3. The van der Waals surface area contributed by atoms with Crippen LogP contribution in [0.15, 0.2) is 0 Å². The molecule has 1 rings (SSSR count). The summed E-state index contributed by atoms with van der Waals surface area (Å²) in [5.74, 6) is 0.306. The fraction of sp³-hybridized carbons (Fsp3) is 1.00. The lowest BCUT2D eigenvalue weighted by Crippen LogP contribution is -2.47. The third-order valence-electron chi connectivity index (χ3n) is 2.09. The average molecular weight is 243 g/mol. The van der Waals surface area contributed by atoms with Crippen LogP contribution in [0.25, 0.3) is 0 Å². The summed E-state index contributed by atoms with van der Waals surface area (Å²) in [6.07, 6.45) is 0. The van der Waals surface area contributed by atoms with Gasteiger partial charge in [0.15, 0.2) is 0 Å². The molecule has 0 aliphatic carbocycles. The Balaban J connectivity index is 2.62. The summed E-state index contributed by atoms with van der Waals surface area (Å²) in [5, 5.41) is 0. The highest BCUT2D eigenvalue weighted by atomic mass is 35.5. The van der Waals surface area contributed by atoms with Crippen LogP contribution in [0, 0.1) is 0 Å². The van der Waals surface area contributed by atoms with E-state index in [1.165, 1.54) is 15.7 Å². The minimum Gasteiger partial charge on any atom is -0.379 e. The van der Waals surface area contributed by atoms with Crippen LogP contribution in [0.4, 0.5) is 0 Å². The van der Waals surface area contributed by atoms with Gasteiger partial charge in [0.05, 0.1) is 13.2 Å². The molecule has 0 spiro atoms. The minimum atomic E-state index is -3.32. The molecule has 0 bridgehead atoms. The van der Waals surface area contributed by atoms with Crippen molar-refractivity contribution in [2.75, 3.05) is 45.8 Å². The maximum Gasteiger partial charge on any atom is 0.281 e. The van der Waals surface area contributed by atoms with E-state index in [-0.39, 0.29) is 0 Å². The normalized spacial score (nSPS) is 20.2. The first-order valence-electron chi connectivity index (χ1n) is 4.44. The van der Waals surface area contributed by atoms with Crippen molar-refractivity contribution >= 4 is 21.8 Å². The predicted molar refractivity (Wildman–Crippen MR) is 54.7 cm³/mol. The Morgan fingerprint density at radius 2 is 2.00 bits per heavy atom. The van der Waals surface area contributed by atoms with E-state index in [1.807, 2.05) is 0 Å². The van der Waals surface area contributed by atoms with Crippen molar-refractivity contribution in [3.63, 3.8) is 0 Å². The van der Waals surface area contributed by atoms with Crippen LogP contribution in [0.2, 0.25) is 0 Å². The van der Waals surface area contributed by atoms with Crippen molar-refractivity contribution in [2.24, 2.45) is 0 Å². The first kappa shape index (κ1) is 12.2. The number of ether oxygens (including phenoxy) is 1.